The fourth-order valence-corrected chi connectivity index (χ4v) is 5.48. The van der Waals surface area contributed by atoms with Crippen molar-refractivity contribution in [2.45, 2.75) is 38.5 Å². The van der Waals surface area contributed by atoms with Crippen LogP contribution in [0.3, 0.4) is 0 Å². The molecule has 0 radical (unpaired) electrons. The summed E-state index contributed by atoms with van der Waals surface area (Å²) >= 11 is 13.3. The predicted molar refractivity (Wildman–Crippen MR) is 149 cm³/mol. The molecule has 40 heavy (non-hydrogen) atoms. The van der Waals surface area contributed by atoms with E-state index in [0.717, 1.165) is 11.3 Å². The minimum Gasteiger partial charge on any atom is -0.434 e. The maximum absolute atomic E-state index is 13.1. The Morgan fingerprint density at radius 2 is 1.85 bits per heavy atom. The Hall–Kier alpha value is -2.62. The van der Waals surface area contributed by atoms with E-state index in [1.165, 1.54) is 21.3 Å². The molecule has 2 aromatic rings. The van der Waals surface area contributed by atoms with Gasteiger partial charge in [-0.2, -0.15) is 0 Å². The van der Waals surface area contributed by atoms with E-state index in [2.05, 4.69) is 20.6 Å². The molecule has 1 aliphatic rings. The van der Waals surface area contributed by atoms with Crippen molar-refractivity contribution in [2.24, 2.45) is 0 Å². The van der Waals surface area contributed by atoms with Gasteiger partial charge in [-0.3, -0.25) is 9.59 Å². The molecule has 0 aromatic carbocycles. The predicted octanol–water partition coefficient (Wildman–Crippen LogP) is 3.04. The van der Waals surface area contributed by atoms with Crippen LogP contribution in [0.5, 0.6) is 5.06 Å². The number of amides is 2. The number of H-pyrrole nitrogens is 1. The zero-order valence-electron chi connectivity index (χ0n) is 22.8. The molecular weight excluding hydrogens is 589 g/mol. The van der Waals surface area contributed by atoms with Crippen LogP contribution in [0.2, 0.25) is 10.0 Å². The van der Waals surface area contributed by atoms with Crippen LogP contribution < -0.4 is 20.3 Å². The van der Waals surface area contributed by atoms with E-state index in [4.69, 9.17) is 46.9 Å². The lowest BCUT2D eigenvalue weighted by atomic mass is 10.0. The number of methoxy groups -OCH3 is 3. The highest BCUT2D eigenvalue weighted by molar-refractivity contribution is 7.17. The van der Waals surface area contributed by atoms with Crippen LogP contribution in [0.1, 0.15) is 40.0 Å². The number of halogens is 2. The van der Waals surface area contributed by atoms with E-state index >= 15 is 0 Å². The Morgan fingerprint density at radius 1 is 1.15 bits per heavy atom. The third kappa shape index (κ3) is 7.77. The number of hydrogen-bond donors (Lipinski definition) is 3. The van der Waals surface area contributed by atoms with Gasteiger partial charge in [0, 0.05) is 40.1 Å². The second kappa shape index (κ2) is 14.8. The zero-order valence-corrected chi connectivity index (χ0v) is 25.1. The van der Waals surface area contributed by atoms with Crippen LogP contribution in [0.25, 0.3) is 0 Å². The molecule has 3 N–H and O–H groups in total. The maximum atomic E-state index is 13.1. The number of aromatic nitrogens is 2. The number of rotatable bonds is 12. The number of aryl methyl sites for hydroxylation is 1. The van der Waals surface area contributed by atoms with Gasteiger partial charge in [-0.15, -0.1) is 0 Å². The summed E-state index contributed by atoms with van der Waals surface area (Å²) in [4.78, 5) is 47.4. The zero-order chi connectivity index (χ0) is 29.4. The summed E-state index contributed by atoms with van der Waals surface area (Å²) in [5, 5.41) is 6.60. The standard InChI is InChI=1S/C24H33Cl2N5O8S/c1-6-38-24(34)39-22-19(21(33)28-13(10-35-3)11-36-4)30-23(40-22)31-8-7-14(15(9-31)37-5)29-20(32)18-17(26)16(25)12(2)27-18/h13-15,27H,6-11H2,1-5H3,(H,28,33)(H,29,32)/t14-,15+/m1/s1. The monoisotopic (exact) mass is 621 g/mol. The molecule has 1 aliphatic heterocycles. The number of thiazole rings is 1. The summed E-state index contributed by atoms with van der Waals surface area (Å²) in [5.74, 6) is -0.969. The first-order valence-corrected chi connectivity index (χ1v) is 14.0. The number of ether oxygens (including phenoxy) is 5. The van der Waals surface area contributed by atoms with Gasteiger partial charge in [-0.25, -0.2) is 9.78 Å². The van der Waals surface area contributed by atoms with E-state index in [-0.39, 0.29) is 47.3 Å². The van der Waals surface area contributed by atoms with Crippen molar-refractivity contribution in [3.8, 4) is 5.06 Å². The molecule has 2 amide bonds. The molecule has 0 saturated carbocycles. The largest absolute Gasteiger partial charge is 0.514 e. The van der Waals surface area contributed by atoms with Gasteiger partial charge < -0.3 is 44.2 Å². The minimum atomic E-state index is -0.952. The summed E-state index contributed by atoms with van der Waals surface area (Å²) in [6, 6.07) is -0.791. The van der Waals surface area contributed by atoms with Gasteiger partial charge in [0.1, 0.15) is 5.69 Å². The number of piperidine rings is 1. The average Bonchev–Trinajstić information content (AvgIpc) is 3.45. The molecule has 1 saturated heterocycles. The fourth-order valence-electron chi connectivity index (χ4n) is 4.12. The highest BCUT2D eigenvalue weighted by Gasteiger charge is 2.34. The molecule has 3 heterocycles. The van der Waals surface area contributed by atoms with Gasteiger partial charge in [0.15, 0.2) is 10.8 Å². The number of nitrogens with one attached hydrogen (secondary N) is 3. The molecule has 0 bridgehead atoms. The van der Waals surface area contributed by atoms with Crippen molar-refractivity contribution in [1.82, 2.24) is 20.6 Å². The Balaban J connectivity index is 1.78. The lowest BCUT2D eigenvalue weighted by Crippen LogP contribution is -2.55. The Kier molecular flexibility index (Phi) is 11.8. The lowest BCUT2D eigenvalue weighted by molar-refractivity contribution is 0.0540. The Morgan fingerprint density at radius 3 is 2.42 bits per heavy atom. The molecule has 0 unspecified atom stereocenters. The molecule has 222 valence electrons. The minimum absolute atomic E-state index is 0.0161. The van der Waals surface area contributed by atoms with Crippen LogP contribution in [0.15, 0.2) is 0 Å². The smallest absolute Gasteiger partial charge is 0.434 e. The molecule has 1 fully saturated rings. The van der Waals surface area contributed by atoms with Crippen molar-refractivity contribution >= 4 is 57.6 Å². The average molecular weight is 623 g/mol. The van der Waals surface area contributed by atoms with Gasteiger partial charge in [-0.05, 0) is 20.3 Å². The first kappa shape index (κ1) is 31.9. The molecule has 16 heteroatoms. The van der Waals surface area contributed by atoms with Gasteiger partial charge in [-0.1, -0.05) is 34.5 Å². The Bertz CT molecular complexity index is 1190. The highest BCUT2D eigenvalue weighted by atomic mass is 35.5. The van der Waals surface area contributed by atoms with E-state index in [1.807, 2.05) is 4.90 Å². The SMILES string of the molecule is CCOC(=O)Oc1sc(N2CC[C@@H](NC(=O)c3[nH]c(C)c(Cl)c3Cl)[C@@H](OC)C2)nc1C(=O)NC(COC)COC. The van der Waals surface area contributed by atoms with Gasteiger partial charge in [0.25, 0.3) is 11.8 Å². The first-order chi connectivity index (χ1) is 19.1. The fraction of sp³-hybridized carbons (Fsp3) is 0.583. The number of nitrogens with zero attached hydrogens (tertiary/aromatic N) is 2. The second-order valence-corrected chi connectivity index (χ2v) is 10.5. The summed E-state index contributed by atoms with van der Waals surface area (Å²) in [7, 11) is 4.55. The highest BCUT2D eigenvalue weighted by Crippen LogP contribution is 2.35. The van der Waals surface area contributed by atoms with Crippen LogP contribution in [0.4, 0.5) is 9.93 Å². The van der Waals surface area contributed by atoms with E-state index in [1.54, 1.807) is 13.8 Å². The summed E-state index contributed by atoms with van der Waals surface area (Å²) in [5.41, 5.74) is 0.691. The van der Waals surface area contributed by atoms with Crippen LogP contribution in [-0.4, -0.2) is 100 Å². The maximum Gasteiger partial charge on any atom is 0.514 e. The summed E-state index contributed by atoms with van der Waals surface area (Å²) in [6.45, 7) is 4.68. The van der Waals surface area contributed by atoms with Crippen LogP contribution in [-0.2, 0) is 18.9 Å². The van der Waals surface area contributed by atoms with Crippen LogP contribution in [0, 0.1) is 6.92 Å². The molecule has 0 aliphatic carbocycles. The molecule has 2 aromatic heterocycles. The number of hydrogen-bond acceptors (Lipinski definition) is 11. The molecule has 0 spiro atoms. The van der Waals surface area contributed by atoms with Gasteiger partial charge >= 0.3 is 6.16 Å². The summed E-state index contributed by atoms with van der Waals surface area (Å²) in [6.07, 6.45) is -0.883. The van der Waals surface area contributed by atoms with Crippen molar-refractivity contribution in [3.05, 3.63) is 27.1 Å². The number of aromatic amines is 1. The molecular formula is C24H33Cl2N5O8S. The number of carbonyl (C=O) groups is 3. The van der Waals surface area contributed by atoms with E-state index in [9.17, 15) is 14.4 Å². The van der Waals surface area contributed by atoms with E-state index in [0.29, 0.717) is 35.4 Å². The van der Waals surface area contributed by atoms with Gasteiger partial charge in [0.05, 0.1) is 48.1 Å². The van der Waals surface area contributed by atoms with Crippen molar-refractivity contribution in [3.63, 3.8) is 0 Å². The summed E-state index contributed by atoms with van der Waals surface area (Å²) < 4.78 is 26.1. The third-order valence-corrected chi connectivity index (χ3v) is 7.98. The quantitative estimate of drug-likeness (QED) is 0.301. The first-order valence-electron chi connectivity index (χ1n) is 12.4. The second-order valence-electron chi connectivity index (χ2n) is 8.84. The van der Waals surface area contributed by atoms with Gasteiger partial charge in [0.2, 0.25) is 5.06 Å². The van der Waals surface area contributed by atoms with Crippen molar-refractivity contribution < 1.29 is 38.1 Å². The Labute approximate surface area is 245 Å². The molecule has 2 atom stereocenters. The van der Waals surface area contributed by atoms with Crippen LogP contribution >= 0.6 is 34.5 Å². The third-order valence-electron chi connectivity index (χ3n) is 6.04. The molecule has 13 nitrogen and oxygen atoms in total. The van der Waals surface area contributed by atoms with Crippen molar-refractivity contribution in [1.29, 1.82) is 0 Å². The molecule has 3 rings (SSSR count). The topological polar surface area (TPSA) is 153 Å². The lowest BCUT2D eigenvalue weighted by Gasteiger charge is -2.37. The van der Waals surface area contributed by atoms with Crippen molar-refractivity contribution in [2.75, 3.05) is 59.1 Å². The normalized spacial score (nSPS) is 17.1. The number of carbonyl (C=O) groups excluding carboxylic acids is 3. The number of anilines is 1. The van der Waals surface area contributed by atoms with E-state index < -0.39 is 30.1 Å².